The van der Waals surface area contributed by atoms with Gasteiger partial charge in [-0.05, 0) is 12.8 Å². The van der Waals surface area contributed by atoms with Crippen molar-refractivity contribution in [1.82, 2.24) is 0 Å². The topological polar surface area (TPSA) is 127 Å². The highest BCUT2D eigenvalue weighted by atomic mass is 35.5. The van der Waals surface area contributed by atoms with Gasteiger partial charge in [0.05, 0.1) is 0 Å². The number of carbonyl (C=O) groups is 2. The monoisotopic (exact) mass is 310 g/mol. The minimum atomic E-state index is -1.09. The number of nitrogens with two attached hydrogens (primary N) is 2. The summed E-state index contributed by atoms with van der Waals surface area (Å²) in [6, 6.07) is -1.90. The lowest BCUT2D eigenvalue weighted by atomic mass is 10.1. The normalized spacial score (nSPS) is 12.6. The molecule has 0 amide bonds. The Morgan fingerprint density at radius 3 is 1.29 bits per heavy atom. The zero-order valence-electron chi connectivity index (χ0n) is 8.81. The highest BCUT2D eigenvalue weighted by Crippen LogP contribution is 1.95. The summed E-state index contributed by atoms with van der Waals surface area (Å²) in [6.45, 7) is 0. The fourth-order valence-corrected chi connectivity index (χ4v) is 0.687. The quantitative estimate of drug-likeness (QED) is 0.526. The van der Waals surface area contributed by atoms with Gasteiger partial charge in [-0.1, -0.05) is 12.2 Å². The third-order valence-electron chi connectivity index (χ3n) is 1.58. The van der Waals surface area contributed by atoms with Gasteiger partial charge in [0.25, 0.3) is 0 Å². The molecule has 104 valence electrons. The molecule has 0 aliphatic rings. The Bertz CT molecular complexity index is 227. The molecule has 0 aromatic heterocycles. The molecular formula is C8H17Cl3N2O4. The second-order valence-electron chi connectivity index (χ2n) is 2.83. The Morgan fingerprint density at radius 2 is 1.12 bits per heavy atom. The molecule has 0 bridgehead atoms. The minimum absolute atomic E-state index is 0. The molecule has 0 spiro atoms. The van der Waals surface area contributed by atoms with E-state index in [-0.39, 0.29) is 50.1 Å². The summed E-state index contributed by atoms with van der Waals surface area (Å²) in [6.07, 6.45) is 3.37. The molecule has 0 aromatic carbocycles. The van der Waals surface area contributed by atoms with E-state index < -0.39 is 24.0 Å². The fraction of sp³-hybridized carbons (Fsp3) is 0.500. The van der Waals surface area contributed by atoms with Crippen LogP contribution in [0.25, 0.3) is 0 Å². The van der Waals surface area contributed by atoms with Crippen molar-refractivity contribution in [1.29, 1.82) is 0 Å². The second kappa shape index (κ2) is 13.5. The smallest absolute Gasteiger partial charge is 0.320 e. The van der Waals surface area contributed by atoms with E-state index in [1.54, 1.807) is 0 Å². The maximum Gasteiger partial charge on any atom is 0.320 e. The fourth-order valence-electron chi connectivity index (χ4n) is 0.687. The van der Waals surface area contributed by atoms with E-state index in [2.05, 4.69) is 0 Å². The molecule has 0 saturated carbocycles. The van der Waals surface area contributed by atoms with Gasteiger partial charge in [0.15, 0.2) is 0 Å². The third kappa shape index (κ3) is 13.4. The van der Waals surface area contributed by atoms with E-state index in [0.29, 0.717) is 0 Å². The van der Waals surface area contributed by atoms with Crippen molar-refractivity contribution in [2.75, 3.05) is 0 Å². The SMILES string of the molecule is Cl.Cl.Cl.N[C@@H](C/C=C/C[C@H](N)C(=O)O)C(=O)O. The van der Waals surface area contributed by atoms with Gasteiger partial charge in [-0.3, -0.25) is 9.59 Å². The van der Waals surface area contributed by atoms with Crippen molar-refractivity contribution in [2.24, 2.45) is 11.5 Å². The zero-order chi connectivity index (χ0) is 11.1. The van der Waals surface area contributed by atoms with Crippen LogP contribution in [0.2, 0.25) is 0 Å². The Morgan fingerprint density at radius 1 is 0.882 bits per heavy atom. The predicted octanol–water partition coefficient (Wildman–Crippen LogP) is 0.412. The van der Waals surface area contributed by atoms with Crippen LogP contribution in [-0.4, -0.2) is 34.2 Å². The Labute approximate surface area is 118 Å². The van der Waals surface area contributed by atoms with E-state index in [1.165, 1.54) is 12.2 Å². The number of carboxylic acid groups (broad SMARTS) is 2. The van der Waals surface area contributed by atoms with E-state index in [9.17, 15) is 9.59 Å². The number of halogens is 3. The highest BCUT2D eigenvalue weighted by molar-refractivity contribution is 5.86. The van der Waals surface area contributed by atoms with Crippen LogP contribution in [0.3, 0.4) is 0 Å². The van der Waals surface area contributed by atoms with Crippen molar-refractivity contribution in [2.45, 2.75) is 24.9 Å². The molecule has 0 saturated heterocycles. The summed E-state index contributed by atoms with van der Waals surface area (Å²) in [5, 5.41) is 16.8. The molecule has 9 heteroatoms. The Kier molecular flexibility index (Phi) is 20.2. The van der Waals surface area contributed by atoms with Gasteiger partial charge in [-0.15, -0.1) is 37.2 Å². The van der Waals surface area contributed by atoms with Gasteiger partial charge in [0.1, 0.15) is 12.1 Å². The van der Waals surface area contributed by atoms with Crippen LogP contribution in [0, 0.1) is 0 Å². The molecule has 2 atom stereocenters. The lowest BCUT2D eigenvalue weighted by molar-refractivity contribution is -0.139. The standard InChI is InChI=1S/C8H14N2O4.3ClH/c9-5(7(11)12)3-1-2-4-6(10)8(13)14;;;/h1-2,5-6H,3-4,9-10H2,(H,11,12)(H,13,14);3*1H/b2-1+;;;/t5-,6-;;;/m0.../s1. The molecule has 0 heterocycles. The van der Waals surface area contributed by atoms with Gasteiger partial charge in [0, 0.05) is 0 Å². The summed E-state index contributed by atoms with van der Waals surface area (Å²) >= 11 is 0. The zero-order valence-corrected chi connectivity index (χ0v) is 11.3. The van der Waals surface area contributed by atoms with E-state index in [0.717, 1.165) is 0 Å². The van der Waals surface area contributed by atoms with E-state index >= 15 is 0 Å². The summed E-state index contributed by atoms with van der Waals surface area (Å²) in [7, 11) is 0. The van der Waals surface area contributed by atoms with Crippen molar-refractivity contribution in [3.8, 4) is 0 Å². The molecule has 0 aliphatic heterocycles. The lowest BCUT2D eigenvalue weighted by Gasteiger charge is -2.02. The molecular weight excluding hydrogens is 294 g/mol. The third-order valence-corrected chi connectivity index (χ3v) is 1.58. The number of hydrogen-bond donors (Lipinski definition) is 4. The van der Waals surface area contributed by atoms with Crippen LogP contribution in [0.5, 0.6) is 0 Å². The van der Waals surface area contributed by atoms with Crippen LogP contribution in [-0.2, 0) is 9.59 Å². The van der Waals surface area contributed by atoms with Gasteiger partial charge in [0.2, 0.25) is 0 Å². The highest BCUT2D eigenvalue weighted by Gasteiger charge is 2.10. The average molecular weight is 312 g/mol. The van der Waals surface area contributed by atoms with Gasteiger partial charge in [-0.25, -0.2) is 0 Å². The average Bonchev–Trinajstić information content (AvgIpc) is 2.11. The maximum absolute atomic E-state index is 10.3. The molecule has 17 heavy (non-hydrogen) atoms. The largest absolute Gasteiger partial charge is 0.480 e. The summed E-state index contributed by atoms with van der Waals surface area (Å²) in [5.74, 6) is -2.17. The van der Waals surface area contributed by atoms with Crippen LogP contribution in [0.15, 0.2) is 12.2 Å². The molecule has 6 nitrogen and oxygen atoms in total. The van der Waals surface area contributed by atoms with Crippen molar-refractivity contribution in [3.05, 3.63) is 12.2 Å². The van der Waals surface area contributed by atoms with Crippen molar-refractivity contribution >= 4 is 49.2 Å². The van der Waals surface area contributed by atoms with Crippen LogP contribution in [0.1, 0.15) is 12.8 Å². The predicted molar refractivity (Wildman–Crippen MR) is 71.3 cm³/mol. The van der Waals surface area contributed by atoms with Crippen LogP contribution < -0.4 is 11.5 Å². The van der Waals surface area contributed by atoms with Crippen molar-refractivity contribution < 1.29 is 19.8 Å². The van der Waals surface area contributed by atoms with E-state index in [4.69, 9.17) is 21.7 Å². The Balaban J connectivity index is -0.000000282. The Hall–Kier alpha value is -0.530. The first kappa shape index (κ1) is 25.3. The summed E-state index contributed by atoms with van der Waals surface area (Å²) in [4.78, 5) is 20.5. The number of aliphatic carboxylic acids is 2. The first-order chi connectivity index (χ1) is 6.45. The molecule has 6 N–H and O–H groups in total. The summed E-state index contributed by atoms with van der Waals surface area (Å²) < 4.78 is 0. The molecule has 0 unspecified atom stereocenters. The van der Waals surface area contributed by atoms with Crippen LogP contribution >= 0.6 is 37.2 Å². The first-order valence-corrected chi connectivity index (χ1v) is 4.07. The molecule has 0 radical (unpaired) electrons. The second-order valence-corrected chi connectivity index (χ2v) is 2.83. The minimum Gasteiger partial charge on any atom is -0.480 e. The molecule has 0 aromatic rings. The van der Waals surface area contributed by atoms with E-state index in [1.807, 2.05) is 0 Å². The van der Waals surface area contributed by atoms with Gasteiger partial charge in [-0.2, -0.15) is 0 Å². The maximum atomic E-state index is 10.3. The van der Waals surface area contributed by atoms with Crippen LogP contribution in [0.4, 0.5) is 0 Å². The first-order valence-electron chi connectivity index (χ1n) is 4.07. The number of hydrogen-bond acceptors (Lipinski definition) is 4. The number of carboxylic acids is 2. The van der Waals surface area contributed by atoms with Gasteiger partial charge < -0.3 is 21.7 Å². The molecule has 0 rings (SSSR count). The lowest BCUT2D eigenvalue weighted by Crippen LogP contribution is -2.30. The van der Waals surface area contributed by atoms with Gasteiger partial charge >= 0.3 is 11.9 Å². The summed E-state index contributed by atoms with van der Waals surface area (Å²) in [5.41, 5.74) is 10.4. The molecule has 0 aliphatic carbocycles. The molecule has 0 fully saturated rings. The number of rotatable bonds is 6. The van der Waals surface area contributed by atoms with Crippen molar-refractivity contribution in [3.63, 3.8) is 0 Å².